The summed E-state index contributed by atoms with van der Waals surface area (Å²) in [5, 5.41) is 0.0191. The number of rotatable bonds is 3. The molecule has 2 aromatic rings. The zero-order chi connectivity index (χ0) is 14.9. The molecular weight excluding hydrogens is 283 g/mol. The highest BCUT2D eigenvalue weighted by Crippen LogP contribution is 2.14. The molecule has 0 radical (unpaired) electrons. The number of aromatic nitrogens is 2. The van der Waals surface area contributed by atoms with E-state index in [1.807, 2.05) is 6.92 Å². The highest BCUT2D eigenvalue weighted by molar-refractivity contribution is 6.30. The molecule has 1 N–H and O–H groups in total. The number of nitrogens with zero attached hydrogens (tertiary/aromatic N) is 1. The highest BCUT2D eigenvalue weighted by Gasteiger charge is 2.15. The van der Waals surface area contributed by atoms with Crippen LogP contribution in [0.15, 0.2) is 27.8 Å². The Morgan fingerprint density at radius 3 is 2.65 bits per heavy atom. The van der Waals surface area contributed by atoms with Gasteiger partial charge >= 0.3 is 5.69 Å². The molecule has 0 saturated carbocycles. The second kappa shape index (κ2) is 5.63. The van der Waals surface area contributed by atoms with Gasteiger partial charge in [-0.2, -0.15) is 0 Å². The van der Waals surface area contributed by atoms with Crippen molar-refractivity contribution in [3.05, 3.63) is 61.1 Å². The first-order valence-electron chi connectivity index (χ1n) is 6.26. The lowest BCUT2D eigenvalue weighted by atomic mass is 10.2. The van der Waals surface area contributed by atoms with Crippen LogP contribution in [0.5, 0.6) is 0 Å². The molecule has 0 amide bonds. The van der Waals surface area contributed by atoms with Crippen LogP contribution in [-0.2, 0) is 6.42 Å². The van der Waals surface area contributed by atoms with Crippen LogP contribution in [0.4, 0.5) is 4.39 Å². The van der Waals surface area contributed by atoms with Crippen molar-refractivity contribution in [2.45, 2.75) is 26.7 Å². The van der Waals surface area contributed by atoms with Crippen LogP contribution < -0.4 is 11.2 Å². The van der Waals surface area contributed by atoms with Crippen LogP contribution >= 0.6 is 11.6 Å². The normalized spacial score (nSPS) is 10.8. The summed E-state index contributed by atoms with van der Waals surface area (Å²) >= 11 is 5.88. The molecule has 4 nitrogen and oxygen atoms in total. The van der Waals surface area contributed by atoms with Gasteiger partial charge < -0.3 is 0 Å². The van der Waals surface area contributed by atoms with Crippen molar-refractivity contribution in [3.8, 4) is 5.69 Å². The molecular formula is C14H14ClFN2O2. The molecule has 1 aromatic carbocycles. The van der Waals surface area contributed by atoms with E-state index in [1.165, 1.54) is 12.1 Å². The Bertz CT molecular complexity index is 765. The number of hydrogen-bond acceptors (Lipinski definition) is 2. The lowest BCUT2D eigenvalue weighted by molar-refractivity contribution is 0.610. The minimum absolute atomic E-state index is 0.0191. The van der Waals surface area contributed by atoms with E-state index >= 15 is 0 Å². The Morgan fingerprint density at radius 2 is 2.05 bits per heavy atom. The molecule has 1 heterocycles. The zero-order valence-electron chi connectivity index (χ0n) is 11.2. The molecule has 6 heteroatoms. The monoisotopic (exact) mass is 296 g/mol. The SMILES string of the molecule is CCCc1c(Cl)[nH]c(=O)n(-c2ccc(C)cc2F)c1=O. The van der Waals surface area contributed by atoms with Gasteiger partial charge in [0.05, 0.1) is 11.3 Å². The third-order valence-corrected chi connectivity index (χ3v) is 3.31. The number of aryl methyl sites for hydroxylation is 1. The number of H-pyrrole nitrogens is 1. The number of benzene rings is 1. The Labute approximate surface area is 119 Å². The van der Waals surface area contributed by atoms with Gasteiger partial charge in [0.2, 0.25) is 0 Å². The molecule has 0 spiro atoms. The fourth-order valence-electron chi connectivity index (χ4n) is 2.03. The molecule has 0 saturated heterocycles. The largest absolute Gasteiger partial charge is 0.334 e. The highest BCUT2D eigenvalue weighted by atomic mass is 35.5. The molecule has 0 aliphatic carbocycles. The van der Waals surface area contributed by atoms with Gasteiger partial charge in [-0.1, -0.05) is 31.0 Å². The summed E-state index contributed by atoms with van der Waals surface area (Å²) in [6, 6.07) is 4.32. The Balaban J connectivity index is 2.77. The van der Waals surface area contributed by atoms with Crippen molar-refractivity contribution >= 4 is 11.6 Å². The number of nitrogens with one attached hydrogen (secondary N) is 1. The van der Waals surface area contributed by atoms with E-state index in [-0.39, 0.29) is 16.4 Å². The number of halogens is 2. The minimum Gasteiger partial charge on any atom is -0.297 e. The van der Waals surface area contributed by atoms with Crippen molar-refractivity contribution in [2.75, 3.05) is 0 Å². The summed E-state index contributed by atoms with van der Waals surface area (Å²) in [7, 11) is 0. The summed E-state index contributed by atoms with van der Waals surface area (Å²) in [6.07, 6.45) is 1.11. The van der Waals surface area contributed by atoms with Crippen LogP contribution in [0.25, 0.3) is 5.69 Å². The average molecular weight is 297 g/mol. The summed E-state index contributed by atoms with van der Waals surface area (Å²) in [6.45, 7) is 3.61. The average Bonchev–Trinajstić information content (AvgIpc) is 2.37. The molecule has 0 aliphatic rings. The molecule has 106 valence electrons. The Hall–Kier alpha value is -1.88. The van der Waals surface area contributed by atoms with E-state index in [1.54, 1.807) is 13.0 Å². The summed E-state index contributed by atoms with van der Waals surface area (Å²) < 4.78 is 14.8. The van der Waals surface area contributed by atoms with Gasteiger partial charge in [-0.25, -0.2) is 13.8 Å². The quantitative estimate of drug-likeness (QED) is 0.885. The van der Waals surface area contributed by atoms with Gasteiger partial charge in [0.25, 0.3) is 5.56 Å². The van der Waals surface area contributed by atoms with Crippen molar-refractivity contribution in [2.24, 2.45) is 0 Å². The van der Waals surface area contributed by atoms with Crippen molar-refractivity contribution in [1.82, 2.24) is 9.55 Å². The molecule has 0 unspecified atom stereocenters. The van der Waals surface area contributed by atoms with Crippen molar-refractivity contribution < 1.29 is 4.39 Å². The summed E-state index contributed by atoms with van der Waals surface area (Å²) in [4.78, 5) is 26.6. The first-order valence-corrected chi connectivity index (χ1v) is 6.63. The number of hydrogen-bond donors (Lipinski definition) is 1. The van der Waals surface area contributed by atoms with E-state index in [4.69, 9.17) is 11.6 Å². The van der Waals surface area contributed by atoms with E-state index < -0.39 is 17.1 Å². The van der Waals surface area contributed by atoms with Crippen LogP contribution in [-0.4, -0.2) is 9.55 Å². The van der Waals surface area contributed by atoms with E-state index in [0.29, 0.717) is 18.4 Å². The maximum absolute atomic E-state index is 14.0. The number of aromatic amines is 1. The van der Waals surface area contributed by atoms with E-state index in [9.17, 15) is 14.0 Å². The van der Waals surface area contributed by atoms with E-state index in [2.05, 4.69) is 4.98 Å². The van der Waals surface area contributed by atoms with Gasteiger partial charge in [-0.05, 0) is 31.0 Å². The fraction of sp³-hybridized carbons (Fsp3) is 0.286. The lowest BCUT2D eigenvalue weighted by Crippen LogP contribution is -2.36. The molecule has 0 aliphatic heterocycles. The van der Waals surface area contributed by atoms with Gasteiger partial charge in [0.15, 0.2) is 0 Å². The second-order valence-corrected chi connectivity index (χ2v) is 4.95. The van der Waals surface area contributed by atoms with Crippen molar-refractivity contribution in [3.63, 3.8) is 0 Å². The topological polar surface area (TPSA) is 54.9 Å². The minimum atomic E-state index is -0.748. The maximum atomic E-state index is 14.0. The third-order valence-electron chi connectivity index (χ3n) is 2.99. The van der Waals surface area contributed by atoms with Crippen LogP contribution in [0, 0.1) is 12.7 Å². The Kier molecular flexibility index (Phi) is 4.09. The molecule has 0 atom stereocenters. The molecule has 0 bridgehead atoms. The maximum Gasteiger partial charge on any atom is 0.334 e. The predicted octanol–water partition coefficient (Wildman–Crippen LogP) is 2.58. The molecule has 2 rings (SSSR count). The molecule has 20 heavy (non-hydrogen) atoms. The molecule has 1 aromatic heterocycles. The van der Waals surface area contributed by atoms with E-state index in [0.717, 1.165) is 4.57 Å². The van der Waals surface area contributed by atoms with Crippen LogP contribution in [0.3, 0.4) is 0 Å². The van der Waals surface area contributed by atoms with Gasteiger partial charge in [0, 0.05) is 0 Å². The van der Waals surface area contributed by atoms with Gasteiger partial charge in [-0.3, -0.25) is 9.78 Å². The zero-order valence-corrected chi connectivity index (χ0v) is 11.9. The molecule has 0 fully saturated rings. The van der Waals surface area contributed by atoms with Gasteiger partial charge in [-0.15, -0.1) is 0 Å². The summed E-state index contributed by atoms with van der Waals surface area (Å²) in [5.74, 6) is -0.623. The van der Waals surface area contributed by atoms with Crippen LogP contribution in [0.2, 0.25) is 5.15 Å². The smallest absolute Gasteiger partial charge is 0.297 e. The Morgan fingerprint density at radius 1 is 1.35 bits per heavy atom. The first kappa shape index (κ1) is 14.5. The first-order chi connectivity index (χ1) is 9.45. The van der Waals surface area contributed by atoms with Crippen molar-refractivity contribution in [1.29, 1.82) is 0 Å². The fourth-order valence-corrected chi connectivity index (χ4v) is 2.28. The standard InChI is InChI=1S/C14H14ClFN2O2/c1-3-4-9-12(15)17-14(20)18(13(9)19)11-6-5-8(2)7-10(11)16/h5-7H,3-4H2,1-2H3,(H,17,20). The second-order valence-electron chi connectivity index (χ2n) is 4.57. The lowest BCUT2D eigenvalue weighted by Gasteiger charge is -2.09. The van der Waals surface area contributed by atoms with Crippen LogP contribution in [0.1, 0.15) is 24.5 Å². The summed E-state index contributed by atoms with van der Waals surface area (Å²) in [5.41, 5.74) is -0.408. The predicted molar refractivity (Wildman–Crippen MR) is 76.4 cm³/mol. The third kappa shape index (κ3) is 2.54. The van der Waals surface area contributed by atoms with Gasteiger partial charge in [0.1, 0.15) is 11.0 Å².